The molecule has 2 unspecified atom stereocenters. The van der Waals surface area contributed by atoms with E-state index in [0.717, 1.165) is 42.8 Å². The van der Waals surface area contributed by atoms with Crippen LogP contribution in [0.2, 0.25) is 0 Å². The Hall–Kier alpha value is -2.52. The number of hydrogen-bond donors (Lipinski definition) is 0. The summed E-state index contributed by atoms with van der Waals surface area (Å²) in [4.78, 5) is 28.5. The molecule has 1 aliphatic carbocycles. The van der Waals surface area contributed by atoms with E-state index < -0.39 is 5.92 Å². The second-order valence-electron chi connectivity index (χ2n) is 7.90. The van der Waals surface area contributed by atoms with Crippen molar-refractivity contribution in [3.05, 3.63) is 77.9 Å². The van der Waals surface area contributed by atoms with Gasteiger partial charge in [0.1, 0.15) is 5.78 Å². The van der Waals surface area contributed by atoms with Crippen molar-refractivity contribution >= 4 is 17.1 Å². The van der Waals surface area contributed by atoms with Gasteiger partial charge in [0, 0.05) is 18.9 Å². The van der Waals surface area contributed by atoms with Crippen molar-refractivity contribution < 1.29 is 9.59 Å². The number of nitrogens with zero attached hydrogens (tertiary/aromatic N) is 1. The first-order valence-electron chi connectivity index (χ1n) is 10.3. The SMILES string of the molecule is O=C1C=C(c2ccccc2)CC(c2ccccc2)C1C(=O)CCN1CCCC1. The molecule has 1 saturated heterocycles. The normalized spacial score (nSPS) is 22.9. The largest absolute Gasteiger partial charge is 0.303 e. The molecule has 0 radical (unpaired) electrons. The van der Waals surface area contributed by atoms with E-state index >= 15 is 0 Å². The maximum absolute atomic E-state index is 13.1. The lowest BCUT2D eigenvalue weighted by Gasteiger charge is -2.30. The van der Waals surface area contributed by atoms with Gasteiger partial charge >= 0.3 is 0 Å². The molecule has 1 aliphatic heterocycles. The minimum absolute atomic E-state index is 0.0367. The summed E-state index contributed by atoms with van der Waals surface area (Å²) in [6.07, 6.45) is 5.33. The van der Waals surface area contributed by atoms with Crippen LogP contribution in [0.5, 0.6) is 0 Å². The summed E-state index contributed by atoms with van der Waals surface area (Å²) >= 11 is 0. The van der Waals surface area contributed by atoms with E-state index in [1.54, 1.807) is 6.08 Å². The van der Waals surface area contributed by atoms with E-state index in [0.29, 0.717) is 6.42 Å². The Balaban J connectivity index is 1.59. The van der Waals surface area contributed by atoms with Crippen LogP contribution >= 0.6 is 0 Å². The van der Waals surface area contributed by atoms with Gasteiger partial charge in [0.2, 0.25) is 0 Å². The molecule has 28 heavy (non-hydrogen) atoms. The number of carbonyl (C=O) groups excluding carboxylic acids is 2. The zero-order valence-electron chi connectivity index (χ0n) is 16.2. The van der Waals surface area contributed by atoms with Crippen LogP contribution in [-0.4, -0.2) is 36.1 Å². The number of carbonyl (C=O) groups is 2. The molecule has 3 nitrogen and oxygen atoms in total. The van der Waals surface area contributed by atoms with Crippen LogP contribution in [0.15, 0.2) is 66.7 Å². The second kappa shape index (κ2) is 8.66. The molecule has 0 amide bonds. The summed E-state index contributed by atoms with van der Waals surface area (Å²) in [5.74, 6) is -0.586. The number of allylic oxidation sites excluding steroid dienone is 2. The Bertz CT molecular complexity index is 851. The highest BCUT2D eigenvalue weighted by molar-refractivity contribution is 6.12. The van der Waals surface area contributed by atoms with E-state index in [2.05, 4.69) is 4.90 Å². The number of hydrogen-bond acceptors (Lipinski definition) is 3. The van der Waals surface area contributed by atoms with Gasteiger partial charge in [-0.3, -0.25) is 9.59 Å². The molecule has 0 bridgehead atoms. The molecule has 2 aliphatic rings. The number of rotatable bonds is 6. The van der Waals surface area contributed by atoms with Crippen LogP contribution < -0.4 is 0 Å². The first-order chi connectivity index (χ1) is 13.7. The molecule has 2 atom stereocenters. The van der Waals surface area contributed by atoms with E-state index in [-0.39, 0.29) is 17.5 Å². The summed E-state index contributed by atoms with van der Waals surface area (Å²) in [5.41, 5.74) is 3.18. The standard InChI is InChI=1S/C25H27NO2/c27-23(13-16-26-14-7-8-15-26)25-22(20-11-5-2-6-12-20)17-21(18-24(25)28)19-9-3-1-4-10-19/h1-6,9-12,18,22,25H,7-8,13-17H2. The van der Waals surface area contributed by atoms with Crippen LogP contribution in [0.1, 0.15) is 42.7 Å². The van der Waals surface area contributed by atoms with Gasteiger partial charge in [-0.25, -0.2) is 0 Å². The number of ketones is 2. The summed E-state index contributed by atoms with van der Waals surface area (Å²) < 4.78 is 0. The van der Waals surface area contributed by atoms with Gasteiger partial charge in [-0.05, 0) is 55.1 Å². The number of Topliss-reactive ketones (excluding diaryl/α,β-unsaturated/α-hetero) is 1. The minimum atomic E-state index is -0.558. The lowest BCUT2D eigenvalue weighted by atomic mass is 9.71. The summed E-state index contributed by atoms with van der Waals surface area (Å²) in [6.45, 7) is 2.93. The number of benzene rings is 2. The summed E-state index contributed by atoms with van der Waals surface area (Å²) in [5, 5.41) is 0. The molecule has 0 saturated carbocycles. The molecule has 4 rings (SSSR count). The average molecular weight is 373 g/mol. The first kappa shape index (κ1) is 18.8. The molecule has 2 aromatic carbocycles. The second-order valence-corrected chi connectivity index (χ2v) is 7.90. The predicted octanol–water partition coefficient (Wildman–Crippen LogP) is 4.50. The molecular formula is C25H27NO2. The van der Waals surface area contributed by atoms with Crippen LogP contribution in [-0.2, 0) is 9.59 Å². The van der Waals surface area contributed by atoms with Crippen LogP contribution in [0.3, 0.4) is 0 Å². The Morgan fingerprint density at radius 2 is 1.57 bits per heavy atom. The minimum Gasteiger partial charge on any atom is -0.303 e. The summed E-state index contributed by atoms with van der Waals surface area (Å²) in [6, 6.07) is 20.1. The smallest absolute Gasteiger partial charge is 0.167 e. The first-order valence-corrected chi connectivity index (χ1v) is 10.3. The van der Waals surface area contributed by atoms with Crippen molar-refractivity contribution in [2.45, 2.75) is 31.6 Å². The van der Waals surface area contributed by atoms with Gasteiger partial charge in [0.05, 0.1) is 5.92 Å². The molecule has 1 fully saturated rings. The van der Waals surface area contributed by atoms with E-state index in [1.165, 1.54) is 12.8 Å². The van der Waals surface area contributed by atoms with E-state index in [9.17, 15) is 9.59 Å². The van der Waals surface area contributed by atoms with Crippen molar-refractivity contribution in [3.63, 3.8) is 0 Å². The molecular weight excluding hydrogens is 346 g/mol. The molecule has 2 aromatic rings. The predicted molar refractivity (Wildman–Crippen MR) is 112 cm³/mol. The highest BCUT2D eigenvalue weighted by atomic mass is 16.1. The maximum Gasteiger partial charge on any atom is 0.167 e. The third-order valence-electron chi connectivity index (χ3n) is 6.06. The van der Waals surface area contributed by atoms with Crippen LogP contribution in [0.25, 0.3) is 5.57 Å². The number of likely N-dealkylation sites (tertiary alicyclic amines) is 1. The molecule has 1 heterocycles. The van der Waals surface area contributed by atoms with Crippen molar-refractivity contribution in [3.8, 4) is 0 Å². The van der Waals surface area contributed by atoms with Crippen molar-refractivity contribution in [2.24, 2.45) is 5.92 Å². The third-order valence-corrected chi connectivity index (χ3v) is 6.06. The molecule has 0 spiro atoms. The quantitative estimate of drug-likeness (QED) is 0.700. The lowest BCUT2D eigenvalue weighted by Crippen LogP contribution is -2.34. The van der Waals surface area contributed by atoms with Crippen LogP contribution in [0.4, 0.5) is 0 Å². The van der Waals surface area contributed by atoms with Gasteiger partial charge in [-0.1, -0.05) is 60.7 Å². The monoisotopic (exact) mass is 373 g/mol. The third kappa shape index (κ3) is 4.15. The Morgan fingerprint density at radius 3 is 2.25 bits per heavy atom. The van der Waals surface area contributed by atoms with Crippen molar-refractivity contribution in [1.29, 1.82) is 0 Å². The Labute approximate surface area is 167 Å². The zero-order chi connectivity index (χ0) is 19.3. The lowest BCUT2D eigenvalue weighted by molar-refractivity contribution is -0.131. The van der Waals surface area contributed by atoms with Gasteiger partial charge in [-0.2, -0.15) is 0 Å². The van der Waals surface area contributed by atoms with Gasteiger partial charge in [0.15, 0.2) is 5.78 Å². The van der Waals surface area contributed by atoms with E-state index in [4.69, 9.17) is 0 Å². The van der Waals surface area contributed by atoms with Crippen molar-refractivity contribution in [1.82, 2.24) is 4.90 Å². The molecule has 0 N–H and O–H groups in total. The molecule has 3 heteroatoms. The Morgan fingerprint density at radius 1 is 0.929 bits per heavy atom. The van der Waals surface area contributed by atoms with Gasteiger partial charge in [0.25, 0.3) is 0 Å². The fourth-order valence-electron chi connectivity index (χ4n) is 4.55. The molecule has 144 valence electrons. The Kier molecular flexibility index (Phi) is 5.82. The van der Waals surface area contributed by atoms with E-state index in [1.807, 2.05) is 60.7 Å². The summed E-state index contributed by atoms with van der Waals surface area (Å²) in [7, 11) is 0. The van der Waals surface area contributed by atoms with Gasteiger partial charge < -0.3 is 4.90 Å². The fraction of sp³-hybridized carbons (Fsp3) is 0.360. The van der Waals surface area contributed by atoms with Crippen LogP contribution in [0, 0.1) is 5.92 Å². The van der Waals surface area contributed by atoms with Gasteiger partial charge in [-0.15, -0.1) is 0 Å². The highest BCUT2D eigenvalue weighted by Crippen LogP contribution is 2.40. The highest BCUT2D eigenvalue weighted by Gasteiger charge is 2.38. The maximum atomic E-state index is 13.1. The average Bonchev–Trinajstić information content (AvgIpc) is 3.26. The van der Waals surface area contributed by atoms with Crippen molar-refractivity contribution in [2.75, 3.05) is 19.6 Å². The fourth-order valence-corrected chi connectivity index (χ4v) is 4.55. The molecule has 0 aromatic heterocycles. The zero-order valence-corrected chi connectivity index (χ0v) is 16.2. The topological polar surface area (TPSA) is 37.4 Å².